The molecule has 57 heavy (non-hydrogen) atoms. The van der Waals surface area contributed by atoms with Gasteiger partial charge in [-0.2, -0.15) is 0 Å². The maximum atomic E-state index is 3.14. The molecule has 3 heteroatoms. The standard InChI is InChI=1S/C54H69BN2/c1-50(2,3)32-30-45-47-46(31-32)57-49-42(52(5)38-23-13-9-19-34(38)36-21-11-15-25-40(36)54(52,57)7)27-17-29-44(49)55(47)43-28-16-26-41-48(43)56(45)53(6)39-24-14-10-20-35(39)33-18-8-12-22-37(33)51(41,53)4/h16-17,26-31,33-40H,8-15,18-25H2,1-7H3. The number of nitrogens with zero attached hydrogens (tertiary/aromatic N) is 2. The molecule has 10 aliphatic rings. The van der Waals surface area contributed by atoms with Gasteiger partial charge in [0.25, 0.3) is 6.71 Å². The Bertz CT molecular complexity index is 2090. The molecular weight excluding hydrogens is 687 g/mol. The van der Waals surface area contributed by atoms with Crippen molar-refractivity contribution >= 4 is 45.9 Å². The lowest BCUT2D eigenvalue weighted by atomic mass is 9.33. The number of fused-ring (bicyclic) bond motifs is 20. The van der Waals surface area contributed by atoms with Gasteiger partial charge in [0.15, 0.2) is 0 Å². The lowest BCUT2D eigenvalue weighted by Gasteiger charge is -2.66. The molecule has 3 aromatic rings. The van der Waals surface area contributed by atoms with Crippen LogP contribution in [0.3, 0.4) is 0 Å². The monoisotopic (exact) mass is 757 g/mol. The van der Waals surface area contributed by atoms with Crippen LogP contribution >= 0.6 is 0 Å². The van der Waals surface area contributed by atoms with Gasteiger partial charge in [0, 0.05) is 33.6 Å². The number of hydrogen-bond acceptors (Lipinski definition) is 2. The van der Waals surface area contributed by atoms with E-state index in [0.29, 0.717) is 0 Å². The van der Waals surface area contributed by atoms with Crippen LogP contribution in [0.4, 0.5) is 22.7 Å². The van der Waals surface area contributed by atoms with E-state index >= 15 is 0 Å². The van der Waals surface area contributed by atoms with E-state index in [0.717, 1.165) is 47.3 Å². The molecule has 6 fully saturated rings. The second-order valence-corrected chi connectivity index (χ2v) is 23.7. The molecule has 298 valence electrons. The summed E-state index contributed by atoms with van der Waals surface area (Å²) in [5.41, 5.74) is 16.9. The van der Waals surface area contributed by atoms with Crippen molar-refractivity contribution in [3.8, 4) is 0 Å². The normalized spacial score (nSPS) is 42.8. The summed E-state index contributed by atoms with van der Waals surface area (Å²) in [6.45, 7) is 19.1. The quantitative estimate of drug-likeness (QED) is 0.211. The third-order valence-electron chi connectivity index (χ3n) is 21.4. The van der Waals surface area contributed by atoms with Gasteiger partial charge in [0.1, 0.15) is 0 Å². The first-order chi connectivity index (χ1) is 27.5. The number of para-hydroxylation sites is 2. The molecule has 6 aliphatic carbocycles. The Balaban J connectivity index is 1.13. The van der Waals surface area contributed by atoms with E-state index in [-0.39, 0.29) is 34.0 Å². The average molecular weight is 757 g/mol. The predicted octanol–water partition coefficient (Wildman–Crippen LogP) is 11.7. The topological polar surface area (TPSA) is 6.48 Å². The van der Waals surface area contributed by atoms with E-state index in [4.69, 9.17) is 0 Å². The van der Waals surface area contributed by atoms with E-state index in [2.05, 4.69) is 107 Å². The van der Waals surface area contributed by atoms with Crippen LogP contribution < -0.4 is 26.2 Å². The van der Waals surface area contributed by atoms with Gasteiger partial charge in [0.2, 0.25) is 0 Å². The van der Waals surface area contributed by atoms with Gasteiger partial charge in [-0.15, -0.1) is 0 Å². The fraction of sp³-hybridized carbons (Fsp3) is 0.667. The van der Waals surface area contributed by atoms with Crippen molar-refractivity contribution in [2.24, 2.45) is 47.3 Å². The van der Waals surface area contributed by atoms with E-state index in [9.17, 15) is 0 Å². The molecule has 0 bridgehead atoms. The van der Waals surface area contributed by atoms with E-state index in [1.54, 1.807) is 55.8 Å². The van der Waals surface area contributed by atoms with Crippen LogP contribution in [0, 0.1) is 47.3 Å². The summed E-state index contributed by atoms with van der Waals surface area (Å²) in [5, 5.41) is 0. The van der Waals surface area contributed by atoms with Gasteiger partial charge < -0.3 is 9.80 Å². The van der Waals surface area contributed by atoms with Crippen LogP contribution in [-0.2, 0) is 16.2 Å². The highest BCUT2D eigenvalue weighted by molar-refractivity contribution is 7.00. The van der Waals surface area contributed by atoms with E-state index in [1.165, 1.54) is 103 Å². The van der Waals surface area contributed by atoms with E-state index < -0.39 is 0 Å². The van der Waals surface area contributed by atoms with Crippen LogP contribution in [0.5, 0.6) is 0 Å². The third kappa shape index (κ3) is 3.76. The Hall–Kier alpha value is -2.68. The molecule has 4 aliphatic heterocycles. The van der Waals surface area contributed by atoms with Crippen molar-refractivity contribution in [2.75, 3.05) is 9.80 Å². The number of benzene rings is 3. The first-order valence-electron chi connectivity index (χ1n) is 24.5. The molecule has 0 spiro atoms. The number of rotatable bonds is 0. The van der Waals surface area contributed by atoms with Gasteiger partial charge in [-0.1, -0.05) is 122 Å². The van der Waals surface area contributed by atoms with Gasteiger partial charge in [-0.25, -0.2) is 0 Å². The van der Waals surface area contributed by atoms with E-state index in [1.807, 2.05) is 0 Å². The van der Waals surface area contributed by atoms with Crippen molar-refractivity contribution in [2.45, 2.75) is 179 Å². The Labute approximate surface area is 345 Å². The first kappa shape index (κ1) is 35.1. The van der Waals surface area contributed by atoms with Crippen LogP contribution in [0.15, 0.2) is 48.5 Å². The molecule has 0 saturated heterocycles. The zero-order valence-electron chi connectivity index (χ0n) is 36.5. The highest BCUT2D eigenvalue weighted by atomic mass is 15.3. The average Bonchev–Trinajstić information content (AvgIpc) is 3.59. The van der Waals surface area contributed by atoms with Crippen molar-refractivity contribution in [3.05, 3.63) is 65.2 Å². The smallest absolute Gasteiger partial charge is 0.252 e. The molecule has 2 nitrogen and oxygen atoms in total. The molecule has 13 rings (SSSR count). The summed E-state index contributed by atoms with van der Waals surface area (Å²) in [6, 6.07) is 21.2. The Morgan fingerprint density at radius 2 is 0.877 bits per heavy atom. The second kappa shape index (κ2) is 11.2. The highest BCUT2D eigenvalue weighted by Gasteiger charge is 2.74. The van der Waals surface area contributed by atoms with Crippen molar-refractivity contribution in [1.29, 1.82) is 0 Å². The number of anilines is 4. The minimum absolute atomic E-state index is 0.0529. The highest BCUT2D eigenvalue weighted by Crippen LogP contribution is 2.74. The van der Waals surface area contributed by atoms with Gasteiger partial charge >= 0.3 is 0 Å². The molecule has 12 atom stereocenters. The lowest BCUT2D eigenvalue weighted by molar-refractivity contribution is -0.0770. The Morgan fingerprint density at radius 3 is 1.28 bits per heavy atom. The van der Waals surface area contributed by atoms with Crippen LogP contribution in [0.2, 0.25) is 0 Å². The molecule has 0 N–H and O–H groups in total. The molecule has 3 aromatic carbocycles. The van der Waals surface area contributed by atoms with Gasteiger partial charge in [0.05, 0.1) is 11.1 Å². The van der Waals surface area contributed by atoms with Gasteiger partial charge in [-0.05, 0) is 163 Å². The third-order valence-corrected chi connectivity index (χ3v) is 21.4. The Morgan fingerprint density at radius 1 is 0.509 bits per heavy atom. The molecule has 4 heterocycles. The molecule has 12 unspecified atom stereocenters. The molecular formula is C54H69BN2. The van der Waals surface area contributed by atoms with Crippen molar-refractivity contribution < 1.29 is 0 Å². The summed E-state index contributed by atoms with van der Waals surface area (Å²) in [4.78, 5) is 6.29. The number of hydrogen-bond donors (Lipinski definition) is 0. The summed E-state index contributed by atoms with van der Waals surface area (Å²) in [5.74, 6) is 6.54. The maximum Gasteiger partial charge on any atom is 0.252 e. The minimum atomic E-state index is 0.0529. The van der Waals surface area contributed by atoms with Crippen LogP contribution in [0.25, 0.3) is 0 Å². The minimum Gasteiger partial charge on any atom is -0.335 e. The first-order valence-corrected chi connectivity index (χ1v) is 24.5. The van der Waals surface area contributed by atoms with Crippen molar-refractivity contribution in [1.82, 2.24) is 0 Å². The fourth-order valence-corrected chi connectivity index (χ4v) is 19.1. The maximum absolute atomic E-state index is 3.14. The zero-order valence-corrected chi connectivity index (χ0v) is 36.5. The van der Waals surface area contributed by atoms with Crippen molar-refractivity contribution in [3.63, 3.8) is 0 Å². The van der Waals surface area contributed by atoms with Gasteiger partial charge in [-0.3, -0.25) is 0 Å². The molecule has 0 amide bonds. The SMILES string of the molecule is CC(C)(C)c1cc2c3c(c1)N1c4c(cccc4C4(C)C5CCCCC5C5CCCCC5C14C)B3c1cccc3c1N2C1(C)C2CCCCC2C2CCCCC2C31C. The largest absolute Gasteiger partial charge is 0.335 e. The summed E-state index contributed by atoms with van der Waals surface area (Å²) >= 11 is 0. The molecule has 6 saturated carbocycles. The molecule has 0 aromatic heterocycles. The fourth-order valence-electron chi connectivity index (χ4n) is 19.1. The van der Waals surface area contributed by atoms with Crippen LogP contribution in [0.1, 0.15) is 168 Å². The summed E-state index contributed by atoms with van der Waals surface area (Å²) in [7, 11) is 0. The predicted molar refractivity (Wildman–Crippen MR) is 240 cm³/mol. The Kier molecular flexibility index (Phi) is 6.88. The summed E-state index contributed by atoms with van der Waals surface area (Å²) in [6.07, 6.45) is 23.0. The summed E-state index contributed by atoms with van der Waals surface area (Å²) < 4.78 is 0. The zero-order chi connectivity index (χ0) is 38.6. The molecule has 0 radical (unpaired) electrons. The van der Waals surface area contributed by atoms with Crippen LogP contribution in [-0.4, -0.2) is 17.8 Å². The lowest BCUT2D eigenvalue weighted by Crippen LogP contribution is -2.72. The second-order valence-electron chi connectivity index (χ2n) is 23.7.